The van der Waals surface area contributed by atoms with Gasteiger partial charge in [-0.05, 0) is 18.3 Å². The second kappa shape index (κ2) is 6.54. The van der Waals surface area contributed by atoms with Crippen LogP contribution in [0.4, 0.5) is 11.6 Å². The number of aromatic nitrogens is 2. The largest absolute Gasteiger partial charge is 0.396 e. The van der Waals surface area contributed by atoms with Gasteiger partial charge in [0.05, 0.1) is 0 Å². The van der Waals surface area contributed by atoms with Gasteiger partial charge in [-0.3, -0.25) is 0 Å². The summed E-state index contributed by atoms with van der Waals surface area (Å²) in [5, 5.41) is 12.5. The van der Waals surface area contributed by atoms with E-state index in [1.807, 2.05) is 0 Å². The summed E-state index contributed by atoms with van der Waals surface area (Å²) in [5.74, 6) is 1.97. The zero-order chi connectivity index (χ0) is 13.7. The van der Waals surface area contributed by atoms with Gasteiger partial charge in [0.15, 0.2) is 0 Å². The molecular formula is C13H24N4O. The van der Waals surface area contributed by atoms with Crippen molar-refractivity contribution in [1.29, 1.82) is 0 Å². The molecule has 1 rings (SSSR count). The molecule has 1 aromatic rings. The van der Waals surface area contributed by atoms with Gasteiger partial charge in [-0.1, -0.05) is 27.7 Å². The van der Waals surface area contributed by atoms with E-state index in [0.29, 0.717) is 18.2 Å². The van der Waals surface area contributed by atoms with Crippen LogP contribution in [0.1, 0.15) is 45.6 Å². The van der Waals surface area contributed by atoms with E-state index < -0.39 is 0 Å². The summed E-state index contributed by atoms with van der Waals surface area (Å²) in [4.78, 5) is 8.32. The van der Waals surface area contributed by atoms with E-state index in [9.17, 15) is 0 Å². The molecule has 1 unspecified atom stereocenters. The molecule has 0 bridgehead atoms. The first-order valence-corrected chi connectivity index (χ1v) is 6.45. The molecular weight excluding hydrogens is 228 g/mol. The fourth-order valence-corrected chi connectivity index (χ4v) is 1.98. The van der Waals surface area contributed by atoms with Crippen molar-refractivity contribution in [1.82, 2.24) is 9.97 Å². The number of rotatable bonds is 6. The van der Waals surface area contributed by atoms with E-state index in [4.69, 9.17) is 10.8 Å². The van der Waals surface area contributed by atoms with E-state index in [-0.39, 0.29) is 18.6 Å². The minimum Gasteiger partial charge on any atom is -0.396 e. The first kappa shape index (κ1) is 14.7. The molecule has 0 amide bonds. The molecule has 1 heterocycles. The highest BCUT2D eigenvalue weighted by molar-refractivity contribution is 5.57. The molecule has 4 N–H and O–H groups in total. The first-order chi connectivity index (χ1) is 8.47. The fourth-order valence-electron chi connectivity index (χ4n) is 1.98. The molecule has 18 heavy (non-hydrogen) atoms. The molecule has 0 saturated carbocycles. The van der Waals surface area contributed by atoms with Gasteiger partial charge in [-0.2, -0.15) is 0 Å². The maximum atomic E-state index is 9.10. The Bertz CT molecular complexity index is 379. The first-order valence-electron chi connectivity index (χ1n) is 6.45. The summed E-state index contributed by atoms with van der Waals surface area (Å²) >= 11 is 0. The van der Waals surface area contributed by atoms with E-state index in [0.717, 1.165) is 11.4 Å². The van der Waals surface area contributed by atoms with Gasteiger partial charge in [0.1, 0.15) is 18.0 Å². The predicted molar refractivity (Wildman–Crippen MR) is 74.5 cm³/mol. The Morgan fingerprint density at radius 1 is 1.28 bits per heavy atom. The van der Waals surface area contributed by atoms with E-state index in [1.54, 1.807) is 0 Å². The highest BCUT2D eigenvalue weighted by atomic mass is 16.3. The lowest BCUT2D eigenvalue weighted by molar-refractivity contribution is 0.267. The molecule has 0 aliphatic carbocycles. The lowest BCUT2D eigenvalue weighted by atomic mass is 9.99. The summed E-state index contributed by atoms with van der Waals surface area (Å²) < 4.78 is 0. The van der Waals surface area contributed by atoms with E-state index >= 15 is 0 Å². The third kappa shape index (κ3) is 3.57. The molecule has 0 aromatic carbocycles. The number of nitrogens with two attached hydrogens (primary N) is 1. The summed E-state index contributed by atoms with van der Waals surface area (Å²) in [6.07, 6.45) is 2.17. The zero-order valence-electron chi connectivity index (χ0n) is 11.6. The molecule has 0 saturated heterocycles. The Kier molecular flexibility index (Phi) is 5.34. The van der Waals surface area contributed by atoms with Gasteiger partial charge in [-0.25, -0.2) is 9.97 Å². The number of aliphatic hydroxyl groups is 1. The van der Waals surface area contributed by atoms with Crippen LogP contribution in [0.2, 0.25) is 0 Å². The van der Waals surface area contributed by atoms with Gasteiger partial charge < -0.3 is 16.2 Å². The number of nitrogens with one attached hydrogen (secondary N) is 1. The number of aliphatic hydroxyl groups excluding tert-OH is 1. The van der Waals surface area contributed by atoms with Crippen molar-refractivity contribution in [2.24, 2.45) is 5.92 Å². The van der Waals surface area contributed by atoms with Gasteiger partial charge in [0.2, 0.25) is 0 Å². The summed E-state index contributed by atoms with van der Waals surface area (Å²) in [7, 11) is 0. The van der Waals surface area contributed by atoms with Crippen molar-refractivity contribution in [2.75, 3.05) is 17.7 Å². The van der Waals surface area contributed by atoms with Crippen LogP contribution in [-0.4, -0.2) is 27.7 Å². The highest BCUT2D eigenvalue weighted by Gasteiger charge is 2.18. The molecule has 0 aliphatic heterocycles. The third-order valence-corrected chi connectivity index (χ3v) is 3.06. The number of hydrogen-bond donors (Lipinski definition) is 3. The van der Waals surface area contributed by atoms with Crippen LogP contribution in [0.25, 0.3) is 0 Å². The van der Waals surface area contributed by atoms with Gasteiger partial charge >= 0.3 is 0 Å². The Labute approximate surface area is 109 Å². The third-order valence-electron chi connectivity index (χ3n) is 3.06. The van der Waals surface area contributed by atoms with Crippen molar-refractivity contribution in [2.45, 2.75) is 46.1 Å². The molecule has 0 aliphatic rings. The lowest BCUT2D eigenvalue weighted by Crippen LogP contribution is -2.28. The van der Waals surface area contributed by atoms with Crippen LogP contribution < -0.4 is 11.1 Å². The summed E-state index contributed by atoms with van der Waals surface area (Å²) in [6, 6.07) is 0.182. The molecule has 5 nitrogen and oxygen atoms in total. The van der Waals surface area contributed by atoms with Crippen molar-refractivity contribution in [3.8, 4) is 0 Å². The lowest BCUT2D eigenvalue weighted by Gasteiger charge is -2.24. The monoisotopic (exact) mass is 252 g/mol. The van der Waals surface area contributed by atoms with Crippen molar-refractivity contribution in [3.05, 3.63) is 11.9 Å². The Hall–Kier alpha value is -1.36. The smallest absolute Gasteiger partial charge is 0.135 e. The quantitative estimate of drug-likeness (QED) is 0.721. The Balaban J connectivity index is 2.98. The van der Waals surface area contributed by atoms with Crippen LogP contribution in [0.3, 0.4) is 0 Å². The maximum Gasteiger partial charge on any atom is 0.135 e. The molecule has 0 radical (unpaired) electrons. The van der Waals surface area contributed by atoms with Crippen LogP contribution in [0, 0.1) is 5.92 Å². The van der Waals surface area contributed by atoms with Gasteiger partial charge in [0, 0.05) is 18.2 Å². The highest BCUT2D eigenvalue weighted by Crippen LogP contribution is 2.27. The predicted octanol–water partition coefficient (Wildman–Crippen LogP) is 2.00. The standard InChI is InChI=1S/C13H24N4O/c1-8(2)10(5-6-18)17-13-11(9(3)4)12(14)15-7-16-13/h7-10,18H,5-6H2,1-4H3,(H3,14,15,16,17). The fraction of sp³-hybridized carbons (Fsp3) is 0.692. The molecule has 0 spiro atoms. The van der Waals surface area contributed by atoms with Crippen molar-refractivity contribution >= 4 is 11.6 Å². The zero-order valence-corrected chi connectivity index (χ0v) is 11.6. The van der Waals surface area contributed by atoms with Crippen LogP contribution in [0.5, 0.6) is 0 Å². The van der Waals surface area contributed by atoms with Crippen molar-refractivity contribution in [3.63, 3.8) is 0 Å². The summed E-state index contributed by atoms with van der Waals surface area (Å²) in [5.41, 5.74) is 6.85. The van der Waals surface area contributed by atoms with Gasteiger partial charge in [0.25, 0.3) is 0 Å². The average Bonchev–Trinajstić information content (AvgIpc) is 2.27. The second-order valence-electron chi connectivity index (χ2n) is 5.18. The molecule has 1 atom stereocenters. The van der Waals surface area contributed by atoms with E-state index in [1.165, 1.54) is 6.33 Å². The number of hydrogen-bond acceptors (Lipinski definition) is 5. The molecule has 0 fully saturated rings. The topological polar surface area (TPSA) is 84.1 Å². The molecule has 5 heteroatoms. The normalized spacial score (nSPS) is 13.1. The Morgan fingerprint density at radius 2 is 1.94 bits per heavy atom. The van der Waals surface area contributed by atoms with Gasteiger partial charge in [-0.15, -0.1) is 0 Å². The van der Waals surface area contributed by atoms with Crippen LogP contribution >= 0.6 is 0 Å². The van der Waals surface area contributed by atoms with Crippen LogP contribution in [0.15, 0.2) is 6.33 Å². The number of nitrogens with zero attached hydrogens (tertiary/aromatic N) is 2. The Morgan fingerprint density at radius 3 is 2.44 bits per heavy atom. The van der Waals surface area contributed by atoms with Crippen LogP contribution in [-0.2, 0) is 0 Å². The number of nitrogen functional groups attached to an aromatic ring is 1. The molecule has 1 aromatic heterocycles. The SMILES string of the molecule is CC(C)c1c(N)ncnc1NC(CCO)C(C)C. The molecule has 102 valence electrons. The second-order valence-corrected chi connectivity index (χ2v) is 5.18. The van der Waals surface area contributed by atoms with Crippen molar-refractivity contribution < 1.29 is 5.11 Å². The van der Waals surface area contributed by atoms with E-state index in [2.05, 4.69) is 43.0 Å². The maximum absolute atomic E-state index is 9.10. The minimum atomic E-state index is 0.160. The average molecular weight is 252 g/mol. The minimum absolute atomic E-state index is 0.160. The summed E-state index contributed by atoms with van der Waals surface area (Å²) in [6.45, 7) is 8.53. The number of anilines is 2.